The number of hydrogen-bond donors (Lipinski definition) is 2. The van der Waals surface area contributed by atoms with Crippen molar-refractivity contribution in [2.24, 2.45) is 34.5 Å². The Hall–Kier alpha value is -2.02. The molecular weight excluding hydrogens is 412 g/mol. The highest BCUT2D eigenvalue weighted by Gasteiger charge is 2.62. The first-order valence-corrected chi connectivity index (χ1v) is 11.9. The molecule has 0 aromatic carbocycles. The summed E-state index contributed by atoms with van der Waals surface area (Å²) in [5.41, 5.74) is 0.698. The Morgan fingerprint density at radius 3 is 2.59 bits per heavy atom. The smallest absolute Gasteiger partial charge is 0.306 e. The average Bonchev–Trinajstić information content (AvgIpc) is 3.07. The van der Waals surface area contributed by atoms with Gasteiger partial charge >= 0.3 is 11.9 Å². The standard InChI is InChI=1S/C25H34O7/c1-24-10-9-15(26)11-14(24)3-4-16-17-5-6-18(25(17,2)12-19(27)23(16)24)20(28)13-32-22(31)8-7-21(29)30/h11,16-19,23,27H,3-10,12-13H2,1-2H3,(H,29,30)/t16-,17-,18+,19-,23?,24-,25-/m0/s1. The van der Waals surface area contributed by atoms with E-state index in [1.807, 2.05) is 6.08 Å². The van der Waals surface area contributed by atoms with E-state index in [2.05, 4.69) is 13.8 Å². The molecule has 0 radical (unpaired) electrons. The van der Waals surface area contributed by atoms with Crippen molar-refractivity contribution < 1.29 is 34.1 Å². The molecule has 3 saturated carbocycles. The predicted octanol–water partition coefficient (Wildman–Crippen LogP) is 3.08. The molecule has 176 valence electrons. The van der Waals surface area contributed by atoms with Crippen molar-refractivity contribution in [1.82, 2.24) is 0 Å². The van der Waals surface area contributed by atoms with Gasteiger partial charge in [0.2, 0.25) is 0 Å². The number of carbonyl (C=O) groups is 4. The molecule has 2 N–H and O–H groups in total. The SMILES string of the molecule is C[C@]12C[C@H](O)C3[C@@H](CCC4=CC(=O)CC[C@@]43C)[C@@H]1CC[C@@H]2C(=O)COC(=O)CCC(=O)O. The Morgan fingerprint density at radius 2 is 1.88 bits per heavy atom. The lowest BCUT2D eigenvalue weighted by Gasteiger charge is -2.59. The van der Waals surface area contributed by atoms with Crippen LogP contribution in [0.25, 0.3) is 0 Å². The van der Waals surface area contributed by atoms with Gasteiger partial charge in [-0.25, -0.2) is 0 Å². The van der Waals surface area contributed by atoms with Crippen LogP contribution in [-0.2, 0) is 23.9 Å². The third kappa shape index (κ3) is 3.82. The molecular formula is C25H34O7. The predicted molar refractivity (Wildman–Crippen MR) is 114 cm³/mol. The maximum Gasteiger partial charge on any atom is 0.306 e. The highest BCUT2D eigenvalue weighted by atomic mass is 16.5. The van der Waals surface area contributed by atoms with Crippen LogP contribution in [0.15, 0.2) is 11.6 Å². The molecule has 4 aliphatic carbocycles. The van der Waals surface area contributed by atoms with Crippen LogP contribution in [0.1, 0.15) is 71.6 Å². The van der Waals surface area contributed by atoms with Gasteiger partial charge in [0.1, 0.15) is 6.61 Å². The molecule has 0 spiro atoms. The van der Waals surface area contributed by atoms with Gasteiger partial charge in [0, 0.05) is 12.3 Å². The zero-order chi connectivity index (χ0) is 23.3. The number of carboxylic acid groups (broad SMARTS) is 1. The fraction of sp³-hybridized carbons (Fsp3) is 0.760. The van der Waals surface area contributed by atoms with E-state index in [0.717, 1.165) is 32.1 Å². The Labute approximate surface area is 188 Å². The molecule has 3 fully saturated rings. The lowest BCUT2D eigenvalue weighted by atomic mass is 9.46. The van der Waals surface area contributed by atoms with Gasteiger partial charge in [-0.05, 0) is 73.2 Å². The van der Waals surface area contributed by atoms with Crippen LogP contribution in [0.4, 0.5) is 0 Å². The van der Waals surface area contributed by atoms with E-state index in [4.69, 9.17) is 9.84 Å². The van der Waals surface area contributed by atoms with Gasteiger partial charge in [-0.1, -0.05) is 19.4 Å². The molecule has 0 saturated heterocycles. The first-order chi connectivity index (χ1) is 15.1. The summed E-state index contributed by atoms with van der Waals surface area (Å²) in [6, 6.07) is 0. The Morgan fingerprint density at radius 1 is 1.12 bits per heavy atom. The minimum Gasteiger partial charge on any atom is -0.481 e. The molecule has 0 heterocycles. The minimum absolute atomic E-state index is 0.108. The number of aliphatic carboxylic acids is 1. The molecule has 4 rings (SSSR count). The van der Waals surface area contributed by atoms with Crippen molar-refractivity contribution in [2.45, 2.75) is 77.7 Å². The normalized spacial score (nSPS) is 40.5. The lowest BCUT2D eigenvalue weighted by molar-refractivity contribution is -0.156. The summed E-state index contributed by atoms with van der Waals surface area (Å²) in [6.07, 6.45) is 6.04. The number of Topliss-reactive ketones (excluding diaryl/α,β-unsaturated/α-hetero) is 1. The van der Waals surface area contributed by atoms with Gasteiger partial charge in [-0.2, -0.15) is 0 Å². The van der Waals surface area contributed by atoms with Gasteiger partial charge in [0.25, 0.3) is 0 Å². The fourth-order valence-electron chi connectivity index (χ4n) is 7.75. The molecule has 32 heavy (non-hydrogen) atoms. The van der Waals surface area contributed by atoms with E-state index < -0.39 is 18.0 Å². The fourth-order valence-corrected chi connectivity index (χ4v) is 7.75. The summed E-state index contributed by atoms with van der Waals surface area (Å²) in [5, 5.41) is 20.0. The molecule has 0 aromatic rings. The number of ketones is 2. The summed E-state index contributed by atoms with van der Waals surface area (Å²) in [5.74, 6) is -1.21. The second-order valence-corrected chi connectivity index (χ2v) is 10.8. The number of esters is 1. The summed E-state index contributed by atoms with van der Waals surface area (Å²) < 4.78 is 5.07. The number of aliphatic hydroxyl groups is 1. The first kappa shape index (κ1) is 23.1. The monoisotopic (exact) mass is 446 g/mol. The maximum atomic E-state index is 13.0. The first-order valence-electron chi connectivity index (χ1n) is 11.9. The van der Waals surface area contributed by atoms with Crippen LogP contribution in [-0.4, -0.2) is 46.4 Å². The highest BCUT2D eigenvalue weighted by molar-refractivity contribution is 5.91. The molecule has 0 aliphatic heterocycles. The second-order valence-electron chi connectivity index (χ2n) is 10.8. The van der Waals surface area contributed by atoms with Crippen LogP contribution >= 0.6 is 0 Å². The van der Waals surface area contributed by atoms with Gasteiger partial charge in [-0.15, -0.1) is 0 Å². The number of allylic oxidation sites excluding steroid dienone is 1. The number of carbonyl (C=O) groups excluding carboxylic acids is 3. The molecule has 1 unspecified atom stereocenters. The van der Waals surface area contributed by atoms with Gasteiger partial charge < -0.3 is 14.9 Å². The van der Waals surface area contributed by atoms with Crippen LogP contribution in [0.5, 0.6) is 0 Å². The summed E-state index contributed by atoms with van der Waals surface area (Å²) in [6.45, 7) is 3.99. The van der Waals surface area contributed by atoms with Crippen LogP contribution in [0.2, 0.25) is 0 Å². The zero-order valence-corrected chi connectivity index (χ0v) is 19.0. The van der Waals surface area contributed by atoms with E-state index in [9.17, 15) is 24.3 Å². The van der Waals surface area contributed by atoms with E-state index in [1.54, 1.807) is 0 Å². The summed E-state index contributed by atoms with van der Waals surface area (Å²) in [7, 11) is 0. The second kappa shape index (κ2) is 8.40. The summed E-state index contributed by atoms with van der Waals surface area (Å²) >= 11 is 0. The van der Waals surface area contributed by atoms with E-state index in [1.165, 1.54) is 5.57 Å². The molecule has 7 heteroatoms. The lowest BCUT2D eigenvalue weighted by Crippen LogP contribution is -2.57. The molecule has 4 aliphatic rings. The Bertz CT molecular complexity index is 860. The number of rotatable bonds is 6. The van der Waals surface area contributed by atoms with Gasteiger partial charge in [0.15, 0.2) is 11.6 Å². The van der Waals surface area contributed by atoms with Crippen molar-refractivity contribution in [2.75, 3.05) is 6.61 Å². The van der Waals surface area contributed by atoms with Crippen molar-refractivity contribution in [3.63, 3.8) is 0 Å². The van der Waals surface area contributed by atoms with Crippen LogP contribution in [0, 0.1) is 34.5 Å². The largest absolute Gasteiger partial charge is 0.481 e. The number of hydrogen-bond acceptors (Lipinski definition) is 6. The van der Waals surface area contributed by atoms with Gasteiger partial charge in [-0.3, -0.25) is 19.2 Å². The summed E-state index contributed by atoms with van der Waals surface area (Å²) in [4.78, 5) is 47.4. The topological polar surface area (TPSA) is 118 Å². The minimum atomic E-state index is -1.08. The molecule has 7 atom stereocenters. The van der Waals surface area contributed by atoms with Crippen LogP contribution in [0.3, 0.4) is 0 Å². The molecule has 0 amide bonds. The molecule has 7 nitrogen and oxygen atoms in total. The quantitative estimate of drug-likeness (QED) is 0.602. The maximum absolute atomic E-state index is 13.0. The third-order valence-electron chi connectivity index (χ3n) is 9.20. The van der Waals surface area contributed by atoms with E-state index in [0.29, 0.717) is 24.7 Å². The number of carboxylic acids is 1. The third-order valence-corrected chi connectivity index (χ3v) is 9.20. The van der Waals surface area contributed by atoms with Crippen molar-refractivity contribution in [3.05, 3.63) is 11.6 Å². The average molecular weight is 447 g/mol. The number of ether oxygens (including phenoxy) is 1. The number of fused-ring (bicyclic) bond motifs is 5. The number of aliphatic hydroxyl groups excluding tert-OH is 1. The van der Waals surface area contributed by atoms with Crippen molar-refractivity contribution >= 4 is 23.5 Å². The molecule has 0 aromatic heterocycles. The van der Waals surface area contributed by atoms with E-state index >= 15 is 0 Å². The van der Waals surface area contributed by atoms with Crippen LogP contribution < -0.4 is 0 Å². The van der Waals surface area contributed by atoms with Crippen molar-refractivity contribution in [3.8, 4) is 0 Å². The Balaban J connectivity index is 1.48. The zero-order valence-electron chi connectivity index (χ0n) is 19.0. The van der Waals surface area contributed by atoms with Crippen molar-refractivity contribution in [1.29, 1.82) is 0 Å². The Kier molecular flexibility index (Phi) is 6.07. The van der Waals surface area contributed by atoms with Gasteiger partial charge in [0.05, 0.1) is 18.9 Å². The molecule has 0 bridgehead atoms. The van der Waals surface area contributed by atoms with E-state index in [-0.39, 0.29) is 53.7 Å². The highest BCUT2D eigenvalue weighted by Crippen LogP contribution is 2.66.